The molecule has 0 aromatic rings. The van der Waals surface area contributed by atoms with Gasteiger partial charge in [-0.2, -0.15) is 0 Å². The summed E-state index contributed by atoms with van der Waals surface area (Å²) in [5, 5.41) is 91.5. The van der Waals surface area contributed by atoms with Gasteiger partial charge >= 0.3 is 0 Å². The molecule has 1 saturated heterocycles. The molecule has 1 aliphatic heterocycles. The smallest absolute Gasteiger partial charge is 0.158 e. The van der Waals surface area contributed by atoms with Crippen LogP contribution in [0.15, 0.2) is 0 Å². The summed E-state index contributed by atoms with van der Waals surface area (Å²) in [5.74, 6) is -1.38. The molecule has 1 heterocycles. The summed E-state index contributed by atoms with van der Waals surface area (Å²) in [4.78, 5) is 0. The average molecular weight is 609 g/mol. The van der Waals surface area contributed by atoms with Crippen LogP contribution in [0.4, 0.5) is 0 Å². The Bertz CT molecular complexity index is 639. The predicted molar refractivity (Wildman–Crippen MR) is 110 cm³/mol. The summed E-state index contributed by atoms with van der Waals surface area (Å²) in [6.45, 7) is 0. The number of hydrogen-bond acceptors (Lipinski definition) is 11. The monoisotopic (exact) mass is 606 g/mol. The Morgan fingerprint density at radius 1 is 0.629 bits per heavy atom. The molecule has 196 valence electrons. The van der Waals surface area contributed by atoms with E-state index in [9.17, 15) is 46.0 Å². The van der Waals surface area contributed by atoms with Crippen molar-refractivity contribution in [3.05, 3.63) is 0 Å². The van der Waals surface area contributed by atoms with E-state index >= 15 is 0 Å². The number of aliphatic hydroxyl groups is 9. The summed E-state index contributed by atoms with van der Waals surface area (Å²) in [7, 11) is 0. The van der Waals surface area contributed by atoms with Crippen molar-refractivity contribution in [3.63, 3.8) is 0 Å². The van der Waals surface area contributed by atoms with Gasteiger partial charge in [0.1, 0.15) is 12.2 Å². The van der Waals surface area contributed by atoms with Gasteiger partial charge in [-0.05, 0) is 50.9 Å². The molecule has 0 aromatic heterocycles. The zero-order chi connectivity index (χ0) is 24.0. The van der Waals surface area contributed by atoms with Gasteiger partial charge in [-0.25, -0.2) is 0 Å². The summed E-state index contributed by atoms with van der Waals surface area (Å²) in [6, 6.07) is 0. The van der Waals surface area contributed by atoms with Crippen LogP contribution < -0.4 is 0 Å². The standard InChI is InChI=1S/C22H38O11.2Zn/c23-10-5-12(24)11-7-18(33-22(31)9-3-15(27)20(30)16(28)4-9)21(32-17(11)6-10)8-1-13(25)19(29)14(26)2-8;;/h8-31H,1-7H2;;/t8?,9?,10-,11+,12?,13-,14+,15-,16-,17-,18?,19?,20?,21?,22-;;/m1../s1. The number of aliphatic hydroxyl groups excluding tert-OH is 9. The predicted octanol–water partition coefficient (Wildman–Crippen LogP) is -3.04. The average Bonchev–Trinajstić information content (AvgIpc) is 2.75. The van der Waals surface area contributed by atoms with E-state index in [1.807, 2.05) is 0 Å². The zero-order valence-electron chi connectivity index (χ0n) is 19.9. The van der Waals surface area contributed by atoms with E-state index in [0.29, 0.717) is 12.8 Å². The van der Waals surface area contributed by atoms with Crippen LogP contribution in [0.2, 0.25) is 0 Å². The van der Waals surface area contributed by atoms with Crippen LogP contribution in [0.5, 0.6) is 0 Å². The molecule has 0 bridgehead atoms. The molecule has 4 rings (SSSR count). The van der Waals surface area contributed by atoms with Crippen molar-refractivity contribution in [1.82, 2.24) is 0 Å². The second kappa shape index (κ2) is 13.2. The van der Waals surface area contributed by atoms with Crippen LogP contribution in [0.3, 0.4) is 0 Å². The fourth-order valence-corrected chi connectivity index (χ4v) is 6.24. The Kier molecular flexibility index (Phi) is 12.1. The third-order valence-corrected chi connectivity index (χ3v) is 8.13. The largest absolute Gasteiger partial charge is 0.393 e. The van der Waals surface area contributed by atoms with Gasteiger partial charge in [-0.15, -0.1) is 0 Å². The van der Waals surface area contributed by atoms with Crippen molar-refractivity contribution in [2.45, 2.75) is 118 Å². The van der Waals surface area contributed by atoms with Crippen molar-refractivity contribution in [2.75, 3.05) is 0 Å². The molecule has 0 radical (unpaired) electrons. The molecule has 4 aliphatic rings. The van der Waals surface area contributed by atoms with E-state index in [1.54, 1.807) is 0 Å². The molecule has 9 N–H and O–H groups in total. The van der Waals surface area contributed by atoms with Crippen LogP contribution >= 0.6 is 0 Å². The van der Waals surface area contributed by atoms with E-state index in [1.165, 1.54) is 0 Å². The molecule has 0 amide bonds. The number of fused-ring (bicyclic) bond motifs is 1. The first-order chi connectivity index (χ1) is 15.5. The SMILES string of the molecule is OC1[C@H](O)CC([C@H](O)OC2C[C@H]3C(O)C[C@@H](O)C[C@H]3OC2C2C[C@@H](O)C(O)[C@@H](O)C2)C[C@H]1O.[Zn].[Zn]. The number of hydrogen-bond donors (Lipinski definition) is 9. The molecule has 13 heteroatoms. The first-order valence-corrected chi connectivity index (χ1v) is 12.0. The molecule has 3 aliphatic carbocycles. The number of ether oxygens (including phenoxy) is 2. The fourth-order valence-electron chi connectivity index (χ4n) is 6.24. The van der Waals surface area contributed by atoms with Crippen LogP contribution in [0, 0.1) is 17.8 Å². The van der Waals surface area contributed by atoms with Gasteiger partial charge in [0, 0.05) is 50.8 Å². The Labute approximate surface area is 230 Å². The Morgan fingerprint density at radius 2 is 1.14 bits per heavy atom. The van der Waals surface area contributed by atoms with E-state index in [0.717, 1.165) is 0 Å². The topological polar surface area (TPSA) is 201 Å². The first kappa shape index (κ1) is 32.0. The normalized spacial score (nSPS) is 51.3. The molecule has 4 fully saturated rings. The van der Waals surface area contributed by atoms with Crippen LogP contribution in [0.1, 0.15) is 44.9 Å². The van der Waals surface area contributed by atoms with Crippen LogP contribution in [-0.2, 0) is 48.4 Å². The Morgan fingerprint density at radius 3 is 1.69 bits per heavy atom. The van der Waals surface area contributed by atoms with Crippen LogP contribution in [-0.4, -0.2) is 119 Å². The van der Waals surface area contributed by atoms with Crippen LogP contribution in [0.25, 0.3) is 0 Å². The quantitative estimate of drug-likeness (QED) is 0.116. The van der Waals surface area contributed by atoms with Gasteiger partial charge in [0.05, 0.1) is 54.9 Å². The maximum absolute atomic E-state index is 10.8. The summed E-state index contributed by atoms with van der Waals surface area (Å²) in [5.41, 5.74) is 0. The second-order valence-electron chi connectivity index (χ2n) is 10.5. The van der Waals surface area contributed by atoms with Gasteiger partial charge in [-0.1, -0.05) is 0 Å². The third kappa shape index (κ3) is 7.07. The molecule has 13 atom stereocenters. The zero-order valence-corrected chi connectivity index (χ0v) is 25.8. The molecule has 3 saturated carbocycles. The van der Waals surface area contributed by atoms with Crippen molar-refractivity contribution in [2.24, 2.45) is 17.8 Å². The van der Waals surface area contributed by atoms with Gasteiger partial charge in [-0.3, -0.25) is 0 Å². The minimum Gasteiger partial charge on any atom is -0.393 e. The molecule has 5 unspecified atom stereocenters. The van der Waals surface area contributed by atoms with E-state index in [-0.39, 0.29) is 77.0 Å². The molecule has 11 nitrogen and oxygen atoms in total. The number of rotatable bonds is 4. The fraction of sp³-hybridized carbons (Fsp3) is 1.00. The molecular formula is C22H38O11Zn2. The maximum atomic E-state index is 10.8. The summed E-state index contributed by atoms with van der Waals surface area (Å²) in [6.07, 6.45) is -10.9. The van der Waals surface area contributed by atoms with Crippen molar-refractivity contribution in [3.8, 4) is 0 Å². The minimum atomic E-state index is -1.38. The van der Waals surface area contributed by atoms with E-state index in [2.05, 4.69) is 0 Å². The van der Waals surface area contributed by atoms with Gasteiger partial charge < -0.3 is 55.4 Å². The molecular weight excluding hydrogens is 571 g/mol. The molecule has 0 aromatic carbocycles. The first-order valence-electron chi connectivity index (χ1n) is 12.0. The van der Waals surface area contributed by atoms with Crippen molar-refractivity contribution < 1.29 is 94.4 Å². The summed E-state index contributed by atoms with van der Waals surface area (Å²) < 4.78 is 12.2. The third-order valence-electron chi connectivity index (χ3n) is 8.13. The Hall–Kier alpha value is 0.807. The van der Waals surface area contributed by atoms with E-state index in [4.69, 9.17) is 9.47 Å². The van der Waals surface area contributed by atoms with E-state index < -0.39 is 85.3 Å². The second-order valence-corrected chi connectivity index (χ2v) is 10.5. The minimum absolute atomic E-state index is 0. The molecule has 0 spiro atoms. The maximum Gasteiger partial charge on any atom is 0.158 e. The molecule has 35 heavy (non-hydrogen) atoms. The van der Waals surface area contributed by atoms with Gasteiger partial charge in [0.15, 0.2) is 6.29 Å². The van der Waals surface area contributed by atoms with Crippen molar-refractivity contribution >= 4 is 0 Å². The summed E-state index contributed by atoms with van der Waals surface area (Å²) >= 11 is 0. The Balaban J connectivity index is 0.00000216. The van der Waals surface area contributed by atoms with Gasteiger partial charge in [0.25, 0.3) is 0 Å². The van der Waals surface area contributed by atoms with Gasteiger partial charge in [0.2, 0.25) is 0 Å². The van der Waals surface area contributed by atoms with Crippen molar-refractivity contribution in [1.29, 1.82) is 0 Å².